The Balaban J connectivity index is 1.94. The van der Waals surface area contributed by atoms with Gasteiger partial charge in [-0.25, -0.2) is 0 Å². The normalized spacial score (nSPS) is 18.2. The summed E-state index contributed by atoms with van der Waals surface area (Å²) in [5.74, 6) is -0.154. The van der Waals surface area contributed by atoms with E-state index in [2.05, 4.69) is 34.6 Å². The Morgan fingerprint density at radius 1 is 1.27 bits per heavy atom. The van der Waals surface area contributed by atoms with E-state index < -0.39 is 0 Å². The summed E-state index contributed by atoms with van der Waals surface area (Å²) in [4.78, 5) is 14.0. The van der Waals surface area contributed by atoms with Crippen LogP contribution in [0.5, 0.6) is 0 Å². The summed E-state index contributed by atoms with van der Waals surface area (Å²) in [5.41, 5.74) is 2.14. The molecule has 0 bridgehead atoms. The Morgan fingerprint density at radius 2 is 1.95 bits per heavy atom. The topological polar surface area (TPSA) is 44.4 Å². The molecular weight excluding hydrogens is 294 g/mol. The molecule has 1 aromatic rings. The summed E-state index contributed by atoms with van der Waals surface area (Å²) >= 11 is 5.15. The van der Waals surface area contributed by atoms with E-state index in [1.807, 2.05) is 26.0 Å². The van der Waals surface area contributed by atoms with Gasteiger partial charge in [0, 0.05) is 29.9 Å². The van der Waals surface area contributed by atoms with Crippen molar-refractivity contribution in [1.82, 2.24) is 5.32 Å². The number of benzene rings is 1. The number of hydrogen-bond acceptors (Lipinski definition) is 3. The van der Waals surface area contributed by atoms with Crippen LogP contribution in [0.1, 0.15) is 40.0 Å². The molecule has 0 saturated carbocycles. The van der Waals surface area contributed by atoms with Gasteiger partial charge in [0.15, 0.2) is 5.11 Å². The van der Waals surface area contributed by atoms with Crippen LogP contribution < -0.4 is 15.5 Å². The summed E-state index contributed by atoms with van der Waals surface area (Å²) in [6, 6.07) is 8.82. The number of anilines is 2. The van der Waals surface area contributed by atoms with E-state index in [0.29, 0.717) is 11.2 Å². The summed E-state index contributed by atoms with van der Waals surface area (Å²) in [6.45, 7) is 7.08. The second-order valence-electron chi connectivity index (χ2n) is 6.18. The van der Waals surface area contributed by atoms with E-state index in [-0.39, 0.29) is 11.8 Å². The third-order valence-electron chi connectivity index (χ3n) is 4.02. The van der Waals surface area contributed by atoms with E-state index in [1.54, 1.807) is 0 Å². The summed E-state index contributed by atoms with van der Waals surface area (Å²) in [5, 5.41) is 6.08. The number of nitrogens with zero attached hydrogens (tertiary/aromatic N) is 1. The zero-order chi connectivity index (χ0) is 16.1. The van der Waals surface area contributed by atoms with Gasteiger partial charge in [-0.05, 0) is 62.7 Å². The van der Waals surface area contributed by atoms with Gasteiger partial charge in [-0.1, -0.05) is 13.8 Å². The fourth-order valence-electron chi connectivity index (χ4n) is 2.64. The number of piperidine rings is 1. The van der Waals surface area contributed by atoms with Gasteiger partial charge in [0.2, 0.25) is 5.91 Å². The zero-order valence-electron chi connectivity index (χ0n) is 13.6. The van der Waals surface area contributed by atoms with Crippen molar-refractivity contribution in [2.75, 3.05) is 16.8 Å². The molecule has 1 saturated heterocycles. The molecule has 1 fully saturated rings. The van der Waals surface area contributed by atoms with Crippen molar-refractivity contribution in [2.45, 2.75) is 46.1 Å². The van der Waals surface area contributed by atoms with Crippen LogP contribution in [0.2, 0.25) is 0 Å². The molecule has 4 nitrogen and oxygen atoms in total. The average molecular weight is 319 g/mol. The first-order valence-electron chi connectivity index (χ1n) is 7.96. The van der Waals surface area contributed by atoms with Gasteiger partial charge < -0.3 is 15.5 Å². The number of nitrogens with one attached hydrogen (secondary N) is 2. The molecule has 22 heavy (non-hydrogen) atoms. The molecule has 1 atom stereocenters. The monoisotopic (exact) mass is 319 g/mol. The van der Waals surface area contributed by atoms with Gasteiger partial charge in [-0.2, -0.15) is 0 Å². The molecule has 1 amide bonds. The van der Waals surface area contributed by atoms with Crippen LogP contribution in [-0.4, -0.2) is 23.6 Å². The fourth-order valence-corrected chi connectivity index (χ4v) is 2.85. The number of hydrogen-bond donors (Lipinski definition) is 2. The van der Waals surface area contributed by atoms with E-state index in [9.17, 15) is 4.79 Å². The maximum atomic E-state index is 11.6. The van der Waals surface area contributed by atoms with Crippen molar-refractivity contribution >= 4 is 34.6 Å². The number of carbonyl (C=O) groups is 1. The van der Waals surface area contributed by atoms with E-state index >= 15 is 0 Å². The highest BCUT2D eigenvalue weighted by atomic mass is 32.1. The Kier molecular flexibility index (Phi) is 5.77. The third-order valence-corrected chi connectivity index (χ3v) is 4.23. The van der Waals surface area contributed by atoms with Gasteiger partial charge in [0.05, 0.1) is 0 Å². The van der Waals surface area contributed by atoms with E-state index in [1.165, 1.54) is 24.9 Å². The standard InChI is InChI=1S/C17H25N3OS/c1-12(2)16(21)19-17(22)18-14-7-9-15(10-8-14)20-11-5-4-6-13(20)3/h7-10,12-13H,4-6,11H2,1-3H3,(H2,18,19,21,22)/t13-/m1/s1. The summed E-state index contributed by atoms with van der Waals surface area (Å²) in [6.07, 6.45) is 3.84. The first-order valence-corrected chi connectivity index (χ1v) is 8.36. The van der Waals surface area contributed by atoms with Crippen molar-refractivity contribution in [2.24, 2.45) is 5.92 Å². The minimum Gasteiger partial charge on any atom is -0.369 e. The van der Waals surface area contributed by atoms with E-state index in [4.69, 9.17) is 12.2 Å². The Labute approximate surface area is 138 Å². The Morgan fingerprint density at radius 3 is 2.55 bits per heavy atom. The predicted molar refractivity (Wildman–Crippen MR) is 96.3 cm³/mol. The minimum atomic E-state index is -0.0808. The molecular formula is C17H25N3OS. The molecule has 1 aliphatic heterocycles. The first kappa shape index (κ1) is 16.7. The molecule has 5 heteroatoms. The van der Waals surface area contributed by atoms with Crippen LogP contribution in [0, 0.1) is 5.92 Å². The molecule has 0 unspecified atom stereocenters. The smallest absolute Gasteiger partial charge is 0.228 e. The van der Waals surface area contributed by atoms with Crippen LogP contribution in [0.25, 0.3) is 0 Å². The predicted octanol–water partition coefficient (Wildman–Crippen LogP) is 3.53. The lowest BCUT2D eigenvalue weighted by Crippen LogP contribution is -2.37. The fraction of sp³-hybridized carbons (Fsp3) is 0.529. The molecule has 2 N–H and O–H groups in total. The summed E-state index contributed by atoms with van der Waals surface area (Å²) in [7, 11) is 0. The lowest BCUT2D eigenvalue weighted by atomic mass is 10.0. The number of thiocarbonyl (C=S) groups is 1. The van der Waals surface area contributed by atoms with Crippen LogP contribution in [-0.2, 0) is 4.79 Å². The van der Waals surface area contributed by atoms with Gasteiger partial charge in [0.1, 0.15) is 0 Å². The second kappa shape index (κ2) is 7.58. The molecule has 1 aromatic carbocycles. The van der Waals surface area contributed by atoms with Crippen LogP contribution in [0.15, 0.2) is 24.3 Å². The average Bonchev–Trinajstić information content (AvgIpc) is 2.48. The van der Waals surface area contributed by atoms with Gasteiger partial charge >= 0.3 is 0 Å². The zero-order valence-corrected chi connectivity index (χ0v) is 14.4. The summed E-state index contributed by atoms with van der Waals surface area (Å²) < 4.78 is 0. The Hall–Kier alpha value is -1.62. The lowest BCUT2D eigenvalue weighted by Gasteiger charge is -2.35. The molecule has 0 aliphatic carbocycles. The maximum Gasteiger partial charge on any atom is 0.228 e. The van der Waals surface area contributed by atoms with Crippen LogP contribution in [0.3, 0.4) is 0 Å². The van der Waals surface area contributed by atoms with Crippen molar-refractivity contribution in [3.05, 3.63) is 24.3 Å². The molecule has 0 spiro atoms. The van der Waals surface area contributed by atoms with Gasteiger partial charge in [-0.15, -0.1) is 0 Å². The van der Waals surface area contributed by atoms with Crippen molar-refractivity contribution in [3.8, 4) is 0 Å². The van der Waals surface area contributed by atoms with Crippen molar-refractivity contribution in [3.63, 3.8) is 0 Å². The van der Waals surface area contributed by atoms with Crippen molar-refractivity contribution < 1.29 is 4.79 Å². The SMILES string of the molecule is CC(C)C(=O)NC(=S)Nc1ccc(N2CCCC[C@H]2C)cc1. The van der Waals surface area contributed by atoms with Crippen LogP contribution >= 0.6 is 12.2 Å². The first-order chi connectivity index (χ1) is 10.5. The highest BCUT2D eigenvalue weighted by molar-refractivity contribution is 7.80. The van der Waals surface area contributed by atoms with Crippen molar-refractivity contribution in [1.29, 1.82) is 0 Å². The molecule has 0 radical (unpaired) electrons. The number of rotatable bonds is 3. The van der Waals surface area contributed by atoms with Gasteiger partial charge in [-0.3, -0.25) is 4.79 Å². The molecule has 2 rings (SSSR count). The lowest BCUT2D eigenvalue weighted by molar-refractivity contribution is -0.122. The largest absolute Gasteiger partial charge is 0.369 e. The minimum absolute atomic E-state index is 0.0729. The third kappa shape index (κ3) is 4.44. The highest BCUT2D eigenvalue weighted by Gasteiger charge is 2.18. The second-order valence-corrected chi connectivity index (χ2v) is 6.59. The van der Waals surface area contributed by atoms with Crippen LogP contribution in [0.4, 0.5) is 11.4 Å². The maximum absolute atomic E-state index is 11.6. The molecule has 120 valence electrons. The molecule has 1 heterocycles. The van der Waals surface area contributed by atoms with Gasteiger partial charge in [0.25, 0.3) is 0 Å². The number of amides is 1. The van der Waals surface area contributed by atoms with E-state index in [0.717, 1.165) is 12.2 Å². The number of carbonyl (C=O) groups excluding carboxylic acids is 1. The molecule has 0 aromatic heterocycles. The highest BCUT2D eigenvalue weighted by Crippen LogP contribution is 2.25. The Bertz CT molecular complexity index is 527. The molecule has 1 aliphatic rings. The quantitative estimate of drug-likeness (QED) is 0.837.